The molecular weight excluding hydrogens is 388 g/mol. The minimum absolute atomic E-state index is 0.156. The fraction of sp³-hybridized carbons (Fsp3) is 0.731. The molecule has 1 spiro atoms. The summed E-state index contributed by atoms with van der Waals surface area (Å²) in [6.45, 7) is 14.6. The first-order valence-corrected chi connectivity index (χ1v) is 12.1. The fourth-order valence-electron chi connectivity index (χ4n) is 5.73. The molecule has 3 fully saturated rings. The highest BCUT2D eigenvalue weighted by Crippen LogP contribution is 2.52. The number of ether oxygens (including phenoxy) is 2. The third kappa shape index (κ3) is 4.93. The molecule has 0 N–H and O–H groups in total. The van der Waals surface area contributed by atoms with E-state index < -0.39 is 5.60 Å². The van der Waals surface area contributed by atoms with Gasteiger partial charge in [0, 0.05) is 25.7 Å². The summed E-state index contributed by atoms with van der Waals surface area (Å²) in [5.74, 6) is 0.518. The summed E-state index contributed by atoms with van der Waals surface area (Å²) in [5.41, 5.74) is 2.87. The molecule has 2 heterocycles. The maximum absolute atomic E-state index is 12.4. The number of benzene rings is 1. The number of likely N-dealkylation sites (tertiary alicyclic amines) is 1. The summed E-state index contributed by atoms with van der Waals surface area (Å²) in [4.78, 5) is 17.0. The molecule has 1 atom stereocenters. The van der Waals surface area contributed by atoms with Crippen LogP contribution in [0.25, 0.3) is 0 Å². The molecule has 3 aliphatic rings. The van der Waals surface area contributed by atoms with Gasteiger partial charge in [-0.25, -0.2) is 4.79 Å². The zero-order valence-electron chi connectivity index (χ0n) is 20.0. The predicted octanol–water partition coefficient (Wildman–Crippen LogP) is 5.36. The highest BCUT2D eigenvalue weighted by molar-refractivity contribution is 5.68. The second-order valence-corrected chi connectivity index (χ2v) is 11.1. The van der Waals surface area contributed by atoms with Crippen LogP contribution in [0.15, 0.2) is 24.3 Å². The Hall–Kier alpha value is -1.59. The van der Waals surface area contributed by atoms with Crippen molar-refractivity contribution in [1.29, 1.82) is 0 Å². The van der Waals surface area contributed by atoms with Gasteiger partial charge in [0.1, 0.15) is 5.60 Å². The number of piperidine rings is 1. The Morgan fingerprint density at radius 3 is 2.45 bits per heavy atom. The van der Waals surface area contributed by atoms with Crippen molar-refractivity contribution in [3.05, 3.63) is 35.4 Å². The average molecular weight is 429 g/mol. The number of hydrogen-bond acceptors (Lipinski definition) is 4. The van der Waals surface area contributed by atoms with Gasteiger partial charge in [-0.1, -0.05) is 38.1 Å². The quantitative estimate of drug-likeness (QED) is 0.650. The Balaban J connectivity index is 1.38. The third-order valence-electron chi connectivity index (χ3n) is 7.43. The maximum atomic E-state index is 12.4. The van der Waals surface area contributed by atoms with Crippen LogP contribution in [0.2, 0.25) is 0 Å². The Morgan fingerprint density at radius 2 is 1.81 bits per heavy atom. The van der Waals surface area contributed by atoms with E-state index in [0.717, 1.165) is 45.7 Å². The SMILES string of the molecule is CC(C)c1ccccc1[C@@H]1COCCN1C1CC2(CCN(C(=O)OC(C)(C)C)CC2)C1. The van der Waals surface area contributed by atoms with Crippen LogP contribution in [-0.4, -0.2) is 60.4 Å². The molecule has 0 aromatic heterocycles. The predicted molar refractivity (Wildman–Crippen MR) is 123 cm³/mol. The molecule has 1 saturated carbocycles. The van der Waals surface area contributed by atoms with Crippen molar-refractivity contribution in [2.24, 2.45) is 5.41 Å². The van der Waals surface area contributed by atoms with Crippen LogP contribution in [-0.2, 0) is 9.47 Å². The molecule has 5 nitrogen and oxygen atoms in total. The first kappa shape index (κ1) is 22.6. The topological polar surface area (TPSA) is 42.0 Å². The second kappa shape index (κ2) is 8.74. The lowest BCUT2D eigenvalue weighted by atomic mass is 9.59. The van der Waals surface area contributed by atoms with Crippen LogP contribution in [0.4, 0.5) is 4.79 Å². The lowest BCUT2D eigenvalue weighted by Gasteiger charge is -2.57. The molecule has 0 radical (unpaired) electrons. The molecule has 1 amide bonds. The van der Waals surface area contributed by atoms with Gasteiger partial charge in [0.05, 0.1) is 19.3 Å². The third-order valence-corrected chi connectivity index (χ3v) is 7.43. The van der Waals surface area contributed by atoms with E-state index in [0.29, 0.717) is 23.4 Å². The fourth-order valence-corrected chi connectivity index (χ4v) is 5.73. The van der Waals surface area contributed by atoms with E-state index in [2.05, 4.69) is 43.0 Å². The zero-order valence-corrected chi connectivity index (χ0v) is 20.0. The maximum Gasteiger partial charge on any atom is 0.410 e. The summed E-state index contributed by atoms with van der Waals surface area (Å²) >= 11 is 0. The number of amides is 1. The molecule has 2 aliphatic heterocycles. The highest BCUT2D eigenvalue weighted by atomic mass is 16.6. The summed E-state index contributed by atoms with van der Waals surface area (Å²) in [6, 6.07) is 9.89. The Kier molecular flexibility index (Phi) is 6.37. The standard InChI is InChI=1S/C26H40N2O3/c1-19(2)21-8-6-7-9-22(21)23-18-30-15-14-28(23)20-16-26(17-20)10-12-27(13-11-26)24(29)31-25(3,4)5/h6-9,19-20,23H,10-18H2,1-5H3/t23-/m0/s1. The molecule has 31 heavy (non-hydrogen) atoms. The van der Waals surface area contributed by atoms with Gasteiger partial charge < -0.3 is 14.4 Å². The minimum atomic E-state index is -0.425. The summed E-state index contributed by atoms with van der Waals surface area (Å²) in [7, 11) is 0. The number of hydrogen-bond donors (Lipinski definition) is 0. The van der Waals surface area contributed by atoms with Crippen molar-refractivity contribution < 1.29 is 14.3 Å². The van der Waals surface area contributed by atoms with Crippen LogP contribution < -0.4 is 0 Å². The summed E-state index contributed by atoms with van der Waals surface area (Å²) in [5, 5.41) is 0. The number of carbonyl (C=O) groups is 1. The smallest absolute Gasteiger partial charge is 0.410 e. The number of nitrogens with zero attached hydrogens (tertiary/aromatic N) is 2. The normalized spacial score (nSPS) is 25.0. The zero-order chi connectivity index (χ0) is 22.2. The van der Waals surface area contributed by atoms with Gasteiger partial charge in [-0.3, -0.25) is 4.90 Å². The van der Waals surface area contributed by atoms with Gasteiger partial charge in [0.2, 0.25) is 0 Å². The van der Waals surface area contributed by atoms with Gasteiger partial charge in [0.25, 0.3) is 0 Å². The summed E-state index contributed by atoms with van der Waals surface area (Å²) < 4.78 is 11.5. The van der Waals surface area contributed by atoms with Crippen molar-refractivity contribution in [3.8, 4) is 0 Å². The van der Waals surface area contributed by atoms with Crippen LogP contribution in [0.5, 0.6) is 0 Å². The Morgan fingerprint density at radius 1 is 1.13 bits per heavy atom. The van der Waals surface area contributed by atoms with Gasteiger partial charge in [0.15, 0.2) is 0 Å². The van der Waals surface area contributed by atoms with E-state index in [1.807, 2.05) is 25.7 Å². The van der Waals surface area contributed by atoms with E-state index in [1.165, 1.54) is 24.0 Å². The van der Waals surface area contributed by atoms with E-state index in [4.69, 9.17) is 9.47 Å². The van der Waals surface area contributed by atoms with E-state index in [1.54, 1.807) is 0 Å². The number of carbonyl (C=O) groups excluding carboxylic acids is 1. The molecular formula is C26H40N2O3. The lowest BCUT2D eigenvalue weighted by molar-refractivity contribution is -0.100. The molecule has 0 bridgehead atoms. The molecule has 5 heteroatoms. The Bertz CT molecular complexity index is 769. The van der Waals surface area contributed by atoms with Gasteiger partial charge in [-0.2, -0.15) is 0 Å². The van der Waals surface area contributed by atoms with E-state index in [9.17, 15) is 4.79 Å². The van der Waals surface area contributed by atoms with Gasteiger partial charge in [-0.05, 0) is 68.9 Å². The van der Waals surface area contributed by atoms with Gasteiger partial charge >= 0.3 is 6.09 Å². The van der Waals surface area contributed by atoms with Crippen LogP contribution in [0.3, 0.4) is 0 Å². The van der Waals surface area contributed by atoms with Crippen LogP contribution in [0, 0.1) is 5.41 Å². The summed E-state index contributed by atoms with van der Waals surface area (Å²) in [6.07, 6.45) is 4.53. The molecule has 4 rings (SSSR count). The van der Waals surface area contributed by atoms with Crippen molar-refractivity contribution in [1.82, 2.24) is 9.80 Å². The van der Waals surface area contributed by atoms with Crippen molar-refractivity contribution in [2.75, 3.05) is 32.8 Å². The molecule has 0 unspecified atom stereocenters. The minimum Gasteiger partial charge on any atom is -0.444 e. The van der Waals surface area contributed by atoms with Crippen molar-refractivity contribution in [3.63, 3.8) is 0 Å². The van der Waals surface area contributed by atoms with Crippen LogP contribution >= 0.6 is 0 Å². The number of morpholine rings is 1. The van der Waals surface area contributed by atoms with E-state index >= 15 is 0 Å². The van der Waals surface area contributed by atoms with E-state index in [-0.39, 0.29) is 6.09 Å². The van der Waals surface area contributed by atoms with Gasteiger partial charge in [-0.15, -0.1) is 0 Å². The molecule has 172 valence electrons. The first-order valence-electron chi connectivity index (χ1n) is 12.1. The van der Waals surface area contributed by atoms with Crippen molar-refractivity contribution in [2.45, 2.75) is 83.9 Å². The molecule has 1 aromatic rings. The lowest BCUT2D eigenvalue weighted by Crippen LogP contribution is -2.58. The average Bonchev–Trinajstić information content (AvgIpc) is 2.71. The second-order valence-electron chi connectivity index (χ2n) is 11.1. The molecule has 1 aliphatic carbocycles. The van der Waals surface area contributed by atoms with Crippen molar-refractivity contribution >= 4 is 6.09 Å². The highest BCUT2D eigenvalue weighted by Gasteiger charge is 2.50. The number of rotatable bonds is 3. The molecule has 2 saturated heterocycles. The monoisotopic (exact) mass is 428 g/mol. The molecule has 1 aromatic carbocycles. The largest absolute Gasteiger partial charge is 0.444 e. The Labute approximate surface area is 188 Å². The van der Waals surface area contributed by atoms with Crippen LogP contribution in [0.1, 0.15) is 83.4 Å². The first-order chi connectivity index (χ1) is 14.7.